The number of carbonyl (C=O) groups excluding carboxylic acids is 1. The van der Waals surface area contributed by atoms with E-state index in [9.17, 15) is 14.9 Å². The van der Waals surface area contributed by atoms with Crippen LogP contribution in [0.1, 0.15) is 33.0 Å². The van der Waals surface area contributed by atoms with E-state index in [0.717, 1.165) is 11.3 Å². The third kappa shape index (κ3) is 3.78. The summed E-state index contributed by atoms with van der Waals surface area (Å²) in [4.78, 5) is 25.2. The third-order valence-corrected chi connectivity index (χ3v) is 4.70. The number of rotatable bonds is 6. The van der Waals surface area contributed by atoms with E-state index in [1.807, 2.05) is 19.2 Å². The van der Waals surface area contributed by atoms with Gasteiger partial charge in [-0.05, 0) is 37.6 Å². The van der Waals surface area contributed by atoms with Gasteiger partial charge in [-0.15, -0.1) is 0 Å². The maximum absolute atomic E-state index is 12.8. The van der Waals surface area contributed by atoms with E-state index < -0.39 is 4.92 Å². The maximum atomic E-state index is 12.8. The molecule has 1 amide bonds. The molecule has 9 heteroatoms. The average molecular weight is 382 g/mol. The van der Waals surface area contributed by atoms with Crippen LogP contribution in [0.25, 0.3) is 0 Å². The molecule has 0 radical (unpaired) electrons. The molecule has 0 spiro atoms. The zero-order valence-electron chi connectivity index (χ0n) is 16.3. The number of aromatic nitrogens is 4. The smallest absolute Gasteiger partial charge is 0.312 e. The van der Waals surface area contributed by atoms with Crippen molar-refractivity contribution in [3.63, 3.8) is 0 Å². The number of carbonyl (C=O) groups is 1. The van der Waals surface area contributed by atoms with Crippen LogP contribution in [0.15, 0.2) is 36.5 Å². The summed E-state index contributed by atoms with van der Waals surface area (Å²) >= 11 is 0. The summed E-state index contributed by atoms with van der Waals surface area (Å²) in [7, 11) is 3.58. The molecule has 0 unspecified atom stereocenters. The Hall–Kier alpha value is -3.49. The highest BCUT2D eigenvalue weighted by atomic mass is 16.6. The Bertz CT molecular complexity index is 1040. The molecule has 3 rings (SSSR count). The van der Waals surface area contributed by atoms with E-state index in [2.05, 4.69) is 10.2 Å². The molecule has 28 heavy (non-hydrogen) atoms. The molecule has 0 atom stereocenters. The molecule has 0 aliphatic rings. The van der Waals surface area contributed by atoms with Crippen molar-refractivity contribution < 1.29 is 9.72 Å². The van der Waals surface area contributed by atoms with Gasteiger partial charge in [0.25, 0.3) is 5.91 Å². The van der Waals surface area contributed by atoms with Crippen LogP contribution in [0, 0.1) is 24.0 Å². The number of hydrogen-bond acceptors (Lipinski definition) is 5. The zero-order chi connectivity index (χ0) is 20.4. The van der Waals surface area contributed by atoms with Crippen molar-refractivity contribution in [2.24, 2.45) is 7.05 Å². The van der Waals surface area contributed by atoms with Gasteiger partial charge in [-0.2, -0.15) is 10.2 Å². The summed E-state index contributed by atoms with van der Waals surface area (Å²) in [5.74, 6) is -0.109. The lowest BCUT2D eigenvalue weighted by Gasteiger charge is -2.17. The molecule has 0 fully saturated rings. The Kier molecular flexibility index (Phi) is 5.25. The quantitative estimate of drug-likeness (QED) is 0.482. The summed E-state index contributed by atoms with van der Waals surface area (Å²) < 4.78 is 3.33. The number of nitro groups is 1. The lowest BCUT2D eigenvalue weighted by atomic mass is 10.1. The van der Waals surface area contributed by atoms with Crippen LogP contribution in [0.2, 0.25) is 0 Å². The number of aryl methyl sites for hydroxylation is 2. The van der Waals surface area contributed by atoms with Gasteiger partial charge in [-0.25, -0.2) is 0 Å². The standard InChI is InChI=1S/C19H22N6O3/c1-13-18(25(27)28)14(2)24(21-13)11-15-6-5-7-16(10-15)19(26)22(3)12-17-8-9-20-23(17)4/h5-10H,11-12H2,1-4H3. The van der Waals surface area contributed by atoms with Gasteiger partial charge in [0.2, 0.25) is 0 Å². The van der Waals surface area contributed by atoms with E-state index in [1.54, 1.807) is 59.6 Å². The van der Waals surface area contributed by atoms with Crippen LogP contribution in [0.4, 0.5) is 5.69 Å². The SMILES string of the molecule is Cc1nn(Cc2cccc(C(=O)N(C)Cc3ccnn3C)c2)c(C)c1[N+](=O)[O-]. The highest BCUT2D eigenvalue weighted by molar-refractivity contribution is 5.94. The van der Waals surface area contributed by atoms with Gasteiger partial charge in [-0.3, -0.25) is 24.3 Å². The van der Waals surface area contributed by atoms with E-state index in [4.69, 9.17) is 0 Å². The van der Waals surface area contributed by atoms with Crippen LogP contribution < -0.4 is 0 Å². The summed E-state index contributed by atoms with van der Waals surface area (Å²) in [6, 6.07) is 9.11. The predicted molar refractivity (Wildman–Crippen MR) is 103 cm³/mol. The van der Waals surface area contributed by atoms with Crippen molar-refractivity contribution in [1.82, 2.24) is 24.5 Å². The van der Waals surface area contributed by atoms with Crippen molar-refractivity contribution in [3.05, 3.63) is 74.9 Å². The molecule has 2 heterocycles. The fourth-order valence-electron chi connectivity index (χ4n) is 3.17. The molecule has 0 aliphatic carbocycles. The van der Waals surface area contributed by atoms with Gasteiger partial charge < -0.3 is 4.90 Å². The van der Waals surface area contributed by atoms with E-state index in [-0.39, 0.29) is 11.6 Å². The highest BCUT2D eigenvalue weighted by Gasteiger charge is 2.22. The molecule has 0 N–H and O–H groups in total. The summed E-state index contributed by atoms with van der Waals surface area (Å²) in [5, 5.41) is 19.6. The van der Waals surface area contributed by atoms with Crippen molar-refractivity contribution in [1.29, 1.82) is 0 Å². The Balaban J connectivity index is 1.79. The maximum Gasteiger partial charge on any atom is 0.312 e. The first kappa shape index (κ1) is 19.3. The number of hydrogen-bond donors (Lipinski definition) is 0. The Labute approximate surface area is 162 Å². The normalized spacial score (nSPS) is 10.9. The Morgan fingerprint density at radius 2 is 2.04 bits per heavy atom. The van der Waals surface area contributed by atoms with Crippen molar-refractivity contribution in [2.45, 2.75) is 26.9 Å². The second kappa shape index (κ2) is 7.63. The van der Waals surface area contributed by atoms with E-state index >= 15 is 0 Å². The molecule has 1 aromatic carbocycles. The van der Waals surface area contributed by atoms with Gasteiger partial charge in [0.15, 0.2) is 0 Å². The fourth-order valence-corrected chi connectivity index (χ4v) is 3.17. The minimum Gasteiger partial charge on any atom is -0.336 e. The molecular formula is C19H22N6O3. The molecule has 0 bridgehead atoms. The van der Waals surface area contributed by atoms with Crippen LogP contribution in [-0.4, -0.2) is 42.3 Å². The monoisotopic (exact) mass is 382 g/mol. The molecule has 0 saturated heterocycles. The minimum atomic E-state index is -0.415. The summed E-state index contributed by atoms with van der Waals surface area (Å²) in [6.07, 6.45) is 1.70. The molecular weight excluding hydrogens is 360 g/mol. The number of benzene rings is 1. The topological polar surface area (TPSA) is 99.1 Å². The molecule has 146 valence electrons. The molecule has 0 saturated carbocycles. The number of amides is 1. The highest BCUT2D eigenvalue weighted by Crippen LogP contribution is 2.22. The van der Waals surface area contributed by atoms with Crippen LogP contribution >= 0.6 is 0 Å². The first-order chi connectivity index (χ1) is 13.3. The first-order valence-corrected chi connectivity index (χ1v) is 8.77. The molecule has 9 nitrogen and oxygen atoms in total. The average Bonchev–Trinajstić information content (AvgIpc) is 3.17. The Morgan fingerprint density at radius 3 is 2.64 bits per heavy atom. The van der Waals surface area contributed by atoms with Crippen molar-refractivity contribution >= 4 is 11.6 Å². The van der Waals surface area contributed by atoms with Crippen LogP contribution in [0.3, 0.4) is 0 Å². The van der Waals surface area contributed by atoms with Crippen molar-refractivity contribution in [3.8, 4) is 0 Å². The number of nitrogens with zero attached hydrogens (tertiary/aromatic N) is 6. The molecule has 3 aromatic rings. The fraction of sp³-hybridized carbons (Fsp3) is 0.316. The summed E-state index contributed by atoms with van der Waals surface area (Å²) in [6.45, 7) is 4.10. The lowest BCUT2D eigenvalue weighted by Crippen LogP contribution is -2.27. The van der Waals surface area contributed by atoms with E-state index in [0.29, 0.717) is 30.0 Å². The van der Waals surface area contributed by atoms with Crippen molar-refractivity contribution in [2.75, 3.05) is 7.05 Å². The molecule has 0 aliphatic heterocycles. The predicted octanol–water partition coefficient (Wildman–Crippen LogP) is 2.46. The first-order valence-electron chi connectivity index (χ1n) is 8.77. The minimum absolute atomic E-state index is 0.0307. The van der Waals surface area contributed by atoms with Crippen LogP contribution in [0.5, 0.6) is 0 Å². The second-order valence-corrected chi connectivity index (χ2v) is 6.74. The summed E-state index contributed by atoms with van der Waals surface area (Å²) in [5.41, 5.74) is 3.24. The Morgan fingerprint density at radius 1 is 1.29 bits per heavy atom. The lowest BCUT2D eigenvalue weighted by molar-refractivity contribution is -0.386. The largest absolute Gasteiger partial charge is 0.336 e. The van der Waals surface area contributed by atoms with Gasteiger partial charge in [0.05, 0.1) is 23.7 Å². The third-order valence-electron chi connectivity index (χ3n) is 4.70. The molecule has 2 aromatic heterocycles. The van der Waals surface area contributed by atoms with Crippen LogP contribution in [-0.2, 0) is 20.1 Å². The van der Waals surface area contributed by atoms with Gasteiger partial charge >= 0.3 is 5.69 Å². The van der Waals surface area contributed by atoms with Gasteiger partial charge in [0, 0.05) is 25.9 Å². The second-order valence-electron chi connectivity index (χ2n) is 6.74. The van der Waals surface area contributed by atoms with Gasteiger partial charge in [-0.1, -0.05) is 12.1 Å². The zero-order valence-corrected chi connectivity index (χ0v) is 16.3. The van der Waals surface area contributed by atoms with E-state index in [1.165, 1.54) is 0 Å². The van der Waals surface area contributed by atoms with Gasteiger partial charge in [0.1, 0.15) is 11.4 Å².